The maximum atomic E-state index is 5.98. The van der Waals surface area contributed by atoms with Crippen molar-refractivity contribution < 1.29 is 9.47 Å². The number of nitrogens with two attached hydrogens (primary N) is 1. The highest BCUT2D eigenvalue weighted by Gasteiger charge is 2.16. The Hall–Kier alpha value is -1.91. The molecule has 22 heavy (non-hydrogen) atoms. The second-order valence-electron chi connectivity index (χ2n) is 5.50. The van der Waals surface area contributed by atoms with Crippen LogP contribution in [0.5, 0.6) is 11.5 Å². The van der Waals surface area contributed by atoms with Crippen molar-refractivity contribution in [2.24, 2.45) is 16.6 Å². The lowest BCUT2D eigenvalue weighted by atomic mass is 9.83. The number of nitrogens with zero attached hydrogens (tertiary/aromatic N) is 1. The van der Waals surface area contributed by atoms with Gasteiger partial charge >= 0.3 is 0 Å². The van der Waals surface area contributed by atoms with Gasteiger partial charge in [0.15, 0.2) is 5.96 Å². The van der Waals surface area contributed by atoms with Crippen molar-refractivity contribution in [3.8, 4) is 11.5 Å². The molecule has 122 valence electrons. The molecule has 1 aliphatic rings. The number of guanidine groups is 1. The van der Waals surface area contributed by atoms with Gasteiger partial charge in [-0.1, -0.05) is 19.3 Å². The van der Waals surface area contributed by atoms with Crippen molar-refractivity contribution in [1.29, 1.82) is 0 Å². The van der Waals surface area contributed by atoms with Crippen LogP contribution in [0.2, 0.25) is 0 Å². The number of hydrogen-bond acceptors (Lipinski definition) is 3. The molecular formula is C17H27N3O2. The summed E-state index contributed by atoms with van der Waals surface area (Å²) in [5.41, 5.74) is 6.77. The Morgan fingerprint density at radius 2 is 2.05 bits per heavy atom. The van der Waals surface area contributed by atoms with E-state index in [0.29, 0.717) is 19.2 Å². The van der Waals surface area contributed by atoms with E-state index in [1.165, 1.54) is 19.3 Å². The Labute approximate surface area is 132 Å². The third-order valence-electron chi connectivity index (χ3n) is 3.87. The Balaban J connectivity index is 1.97. The second kappa shape index (κ2) is 8.51. The smallest absolute Gasteiger partial charge is 0.193 e. The average molecular weight is 305 g/mol. The van der Waals surface area contributed by atoms with Crippen LogP contribution in [0.15, 0.2) is 23.2 Å². The second-order valence-corrected chi connectivity index (χ2v) is 5.50. The molecule has 1 aliphatic carbocycles. The average Bonchev–Trinajstić information content (AvgIpc) is 2.45. The van der Waals surface area contributed by atoms with E-state index in [2.05, 4.69) is 10.3 Å². The number of aliphatic imine (C=N–C) groups is 1. The number of benzene rings is 1. The van der Waals surface area contributed by atoms with E-state index in [9.17, 15) is 0 Å². The van der Waals surface area contributed by atoms with Crippen molar-refractivity contribution in [1.82, 2.24) is 0 Å². The van der Waals surface area contributed by atoms with Crippen molar-refractivity contribution in [2.75, 3.05) is 25.1 Å². The zero-order chi connectivity index (χ0) is 15.8. The first kappa shape index (κ1) is 16.5. The Morgan fingerprint density at radius 1 is 1.27 bits per heavy atom. The lowest BCUT2D eigenvalue weighted by molar-refractivity contribution is 0.300. The highest BCUT2D eigenvalue weighted by molar-refractivity contribution is 5.94. The van der Waals surface area contributed by atoms with Gasteiger partial charge in [-0.2, -0.15) is 0 Å². The third kappa shape index (κ3) is 4.83. The fraction of sp³-hybridized carbons (Fsp3) is 0.588. The van der Waals surface area contributed by atoms with E-state index < -0.39 is 0 Å². The topological polar surface area (TPSA) is 68.9 Å². The van der Waals surface area contributed by atoms with Crippen LogP contribution in [0.3, 0.4) is 0 Å². The molecule has 0 radical (unpaired) electrons. The highest BCUT2D eigenvalue weighted by atomic mass is 16.5. The molecule has 1 saturated carbocycles. The summed E-state index contributed by atoms with van der Waals surface area (Å²) in [6.07, 6.45) is 5.17. The number of anilines is 1. The summed E-state index contributed by atoms with van der Waals surface area (Å²) in [7, 11) is 0. The van der Waals surface area contributed by atoms with Crippen molar-refractivity contribution in [3.05, 3.63) is 18.2 Å². The summed E-state index contributed by atoms with van der Waals surface area (Å²) in [6.45, 7) is 5.91. The molecule has 0 spiro atoms. The number of hydrogen-bond donors (Lipinski definition) is 2. The van der Waals surface area contributed by atoms with Gasteiger partial charge in [0.05, 0.1) is 18.9 Å². The number of ether oxygens (including phenoxy) is 2. The molecule has 2 rings (SSSR count). The molecule has 0 saturated heterocycles. The molecule has 0 unspecified atom stereocenters. The van der Waals surface area contributed by atoms with E-state index in [-0.39, 0.29) is 0 Å². The standard InChI is InChI=1S/C17H27N3O2/c1-3-21-14-8-9-16(22-4-2)15(12-14)20-17(18)19-11-10-13-6-5-7-13/h8-9,12-13H,3-7,10-11H2,1-2H3,(H3,18,19,20). The van der Waals surface area contributed by atoms with Gasteiger partial charge in [-0.05, 0) is 38.3 Å². The normalized spacial score (nSPS) is 15.3. The van der Waals surface area contributed by atoms with Crippen LogP contribution >= 0.6 is 0 Å². The van der Waals surface area contributed by atoms with E-state index >= 15 is 0 Å². The van der Waals surface area contributed by atoms with Gasteiger partial charge < -0.3 is 20.5 Å². The summed E-state index contributed by atoms with van der Waals surface area (Å²) >= 11 is 0. The van der Waals surface area contributed by atoms with E-state index in [1.807, 2.05) is 32.0 Å². The largest absolute Gasteiger partial charge is 0.494 e. The van der Waals surface area contributed by atoms with Crippen LogP contribution in [-0.2, 0) is 0 Å². The van der Waals surface area contributed by atoms with E-state index in [4.69, 9.17) is 15.2 Å². The zero-order valence-electron chi connectivity index (χ0n) is 13.6. The molecule has 1 aromatic rings. The molecule has 0 heterocycles. The minimum absolute atomic E-state index is 0.425. The van der Waals surface area contributed by atoms with Gasteiger partial charge in [0.1, 0.15) is 11.5 Å². The molecule has 3 N–H and O–H groups in total. The van der Waals surface area contributed by atoms with Crippen LogP contribution in [0, 0.1) is 5.92 Å². The summed E-state index contributed by atoms with van der Waals surface area (Å²) in [4.78, 5) is 4.41. The van der Waals surface area contributed by atoms with Gasteiger partial charge in [0.2, 0.25) is 0 Å². The third-order valence-corrected chi connectivity index (χ3v) is 3.87. The number of rotatable bonds is 8. The number of nitrogens with one attached hydrogen (secondary N) is 1. The predicted molar refractivity (Wildman–Crippen MR) is 90.9 cm³/mol. The minimum atomic E-state index is 0.425. The molecule has 0 aromatic heterocycles. The van der Waals surface area contributed by atoms with Crippen LogP contribution in [0.1, 0.15) is 39.5 Å². The molecular weight excluding hydrogens is 278 g/mol. The summed E-state index contributed by atoms with van der Waals surface area (Å²) in [6, 6.07) is 5.67. The SMILES string of the molecule is CCOc1ccc(OCC)c(NC(N)=NCCC2CCC2)c1. The first-order valence-corrected chi connectivity index (χ1v) is 8.19. The zero-order valence-corrected chi connectivity index (χ0v) is 13.6. The molecule has 0 bridgehead atoms. The molecule has 0 aliphatic heterocycles. The Kier molecular flexibility index (Phi) is 6.37. The fourth-order valence-corrected chi connectivity index (χ4v) is 2.47. The molecule has 5 nitrogen and oxygen atoms in total. The molecule has 5 heteroatoms. The lowest BCUT2D eigenvalue weighted by Gasteiger charge is -2.24. The monoisotopic (exact) mass is 305 g/mol. The Bertz CT molecular complexity index is 499. The summed E-state index contributed by atoms with van der Waals surface area (Å²) in [5, 5.41) is 3.13. The van der Waals surface area contributed by atoms with Crippen LogP contribution in [0.25, 0.3) is 0 Å². The van der Waals surface area contributed by atoms with Gasteiger partial charge in [0.25, 0.3) is 0 Å². The quantitative estimate of drug-likeness (QED) is 0.570. The summed E-state index contributed by atoms with van der Waals surface area (Å²) in [5.74, 6) is 2.81. The summed E-state index contributed by atoms with van der Waals surface area (Å²) < 4.78 is 11.1. The van der Waals surface area contributed by atoms with Crippen LogP contribution in [-0.4, -0.2) is 25.7 Å². The van der Waals surface area contributed by atoms with Crippen LogP contribution in [0.4, 0.5) is 5.69 Å². The minimum Gasteiger partial charge on any atom is -0.494 e. The molecule has 1 fully saturated rings. The van der Waals surface area contributed by atoms with E-state index in [0.717, 1.165) is 36.1 Å². The predicted octanol–water partition coefficient (Wildman–Crippen LogP) is 3.40. The molecule has 0 amide bonds. The molecule has 0 atom stereocenters. The van der Waals surface area contributed by atoms with Gasteiger partial charge in [0, 0.05) is 12.6 Å². The highest BCUT2D eigenvalue weighted by Crippen LogP contribution is 2.30. The fourth-order valence-electron chi connectivity index (χ4n) is 2.47. The first-order chi connectivity index (χ1) is 10.7. The maximum Gasteiger partial charge on any atom is 0.193 e. The van der Waals surface area contributed by atoms with Crippen LogP contribution < -0.4 is 20.5 Å². The van der Waals surface area contributed by atoms with Crippen molar-refractivity contribution in [2.45, 2.75) is 39.5 Å². The maximum absolute atomic E-state index is 5.98. The van der Waals surface area contributed by atoms with Gasteiger partial charge in [-0.25, -0.2) is 0 Å². The first-order valence-electron chi connectivity index (χ1n) is 8.19. The van der Waals surface area contributed by atoms with Crippen molar-refractivity contribution in [3.63, 3.8) is 0 Å². The van der Waals surface area contributed by atoms with Crippen molar-refractivity contribution >= 4 is 11.6 Å². The van der Waals surface area contributed by atoms with Gasteiger partial charge in [-0.3, -0.25) is 4.99 Å². The lowest BCUT2D eigenvalue weighted by Crippen LogP contribution is -2.24. The van der Waals surface area contributed by atoms with Gasteiger partial charge in [-0.15, -0.1) is 0 Å². The molecule has 1 aromatic carbocycles. The van der Waals surface area contributed by atoms with E-state index in [1.54, 1.807) is 0 Å². The Morgan fingerprint density at radius 3 is 2.68 bits per heavy atom.